The first kappa shape index (κ1) is 21.0. The van der Waals surface area contributed by atoms with Gasteiger partial charge < -0.3 is 14.4 Å². The van der Waals surface area contributed by atoms with Crippen molar-refractivity contribution >= 4 is 15.8 Å². The Kier molecular flexibility index (Phi) is 6.19. The van der Waals surface area contributed by atoms with E-state index < -0.39 is 9.84 Å². The topological polar surface area (TPSA) is 94.5 Å². The number of anilines is 1. The first-order chi connectivity index (χ1) is 14.4. The minimum Gasteiger partial charge on any atom is -0.494 e. The fraction of sp³-hybridized carbons (Fsp3) is 0.571. The Morgan fingerprint density at radius 2 is 1.83 bits per heavy atom. The van der Waals surface area contributed by atoms with Gasteiger partial charge in [-0.05, 0) is 49.1 Å². The number of nitrogens with zero attached hydrogens (tertiary/aromatic N) is 4. The maximum absolute atomic E-state index is 11.5. The van der Waals surface area contributed by atoms with Crippen LogP contribution >= 0.6 is 0 Å². The summed E-state index contributed by atoms with van der Waals surface area (Å²) in [5.41, 5.74) is 0.757. The smallest absolute Gasteiger partial charge is 0.225 e. The summed E-state index contributed by atoms with van der Waals surface area (Å²) in [5.74, 6) is 3.55. The van der Waals surface area contributed by atoms with Gasteiger partial charge in [0, 0.05) is 25.5 Å². The molecule has 0 bridgehead atoms. The summed E-state index contributed by atoms with van der Waals surface area (Å²) in [6.45, 7) is 3.12. The molecule has 2 fully saturated rings. The largest absolute Gasteiger partial charge is 0.494 e. The van der Waals surface area contributed by atoms with Crippen molar-refractivity contribution in [2.45, 2.75) is 30.8 Å². The quantitative estimate of drug-likeness (QED) is 0.627. The van der Waals surface area contributed by atoms with Gasteiger partial charge in [-0.2, -0.15) is 0 Å². The molecule has 1 aliphatic heterocycles. The first-order valence-corrected chi connectivity index (χ1v) is 12.2. The maximum atomic E-state index is 11.5. The second-order valence-electron chi connectivity index (χ2n) is 8.18. The number of piperidine rings is 1. The predicted octanol–water partition coefficient (Wildman–Crippen LogP) is 2.35. The van der Waals surface area contributed by atoms with Crippen molar-refractivity contribution in [1.29, 1.82) is 0 Å². The lowest BCUT2D eigenvalue weighted by Crippen LogP contribution is -2.35. The number of hydrogen-bond donors (Lipinski definition) is 0. The highest BCUT2D eigenvalue weighted by Crippen LogP contribution is 2.48. The van der Waals surface area contributed by atoms with Crippen LogP contribution in [0.2, 0.25) is 0 Å². The summed E-state index contributed by atoms with van der Waals surface area (Å²) in [4.78, 5) is 15.5. The SMILES string of the molecule is COc1cnc(N2CCC([C@H]3C[C@H]3COCc3ccc(S(C)(=O)=O)cn3)CC2)nc1. The summed E-state index contributed by atoms with van der Waals surface area (Å²) in [7, 11) is -1.59. The summed E-state index contributed by atoms with van der Waals surface area (Å²) >= 11 is 0. The fourth-order valence-corrected chi connectivity index (χ4v) is 4.74. The highest BCUT2D eigenvalue weighted by molar-refractivity contribution is 7.90. The molecule has 162 valence electrons. The molecule has 2 atom stereocenters. The van der Waals surface area contributed by atoms with Crippen molar-refractivity contribution < 1.29 is 17.9 Å². The molecule has 2 aromatic heterocycles. The Bertz CT molecular complexity index is 942. The van der Waals surface area contributed by atoms with Crippen LogP contribution in [0.25, 0.3) is 0 Å². The molecule has 1 saturated carbocycles. The average molecular weight is 433 g/mol. The monoisotopic (exact) mass is 432 g/mol. The Morgan fingerprint density at radius 3 is 2.43 bits per heavy atom. The molecule has 0 N–H and O–H groups in total. The van der Waals surface area contributed by atoms with Crippen molar-refractivity contribution in [2.24, 2.45) is 17.8 Å². The van der Waals surface area contributed by atoms with E-state index in [1.54, 1.807) is 31.6 Å². The number of sulfone groups is 1. The molecular weight excluding hydrogens is 404 g/mol. The molecule has 0 aromatic carbocycles. The molecule has 9 heteroatoms. The van der Waals surface area contributed by atoms with Crippen molar-refractivity contribution in [2.75, 3.05) is 38.0 Å². The number of pyridine rings is 1. The molecule has 0 radical (unpaired) electrons. The summed E-state index contributed by atoms with van der Waals surface area (Å²) in [5, 5.41) is 0. The lowest BCUT2D eigenvalue weighted by Gasteiger charge is -2.32. The number of ether oxygens (including phenoxy) is 2. The molecule has 1 aliphatic carbocycles. The molecule has 30 heavy (non-hydrogen) atoms. The van der Waals surface area contributed by atoms with Gasteiger partial charge in [0.05, 0.1) is 43.3 Å². The van der Waals surface area contributed by atoms with Gasteiger partial charge in [-0.25, -0.2) is 18.4 Å². The van der Waals surface area contributed by atoms with Crippen LogP contribution in [0.15, 0.2) is 35.6 Å². The van der Waals surface area contributed by atoms with E-state index in [1.165, 1.54) is 18.9 Å². The lowest BCUT2D eigenvalue weighted by atomic mass is 9.91. The van der Waals surface area contributed by atoms with Crippen molar-refractivity contribution in [3.05, 3.63) is 36.4 Å². The van der Waals surface area contributed by atoms with Crippen LogP contribution in [0.3, 0.4) is 0 Å². The van der Waals surface area contributed by atoms with Crippen LogP contribution < -0.4 is 9.64 Å². The average Bonchev–Trinajstić information content (AvgIpc) is 3.53. The van der Waals surface area contributed by atoms with Crippen molar-refractivity contribution in [3.8, 4) is 5.75 Å². The second-order valence-corrected chi connectivity index (χ2v) is 10.2. The van der Waals surface area contributed by atoms with Crippen molar-refractivity contribution in [1.82, 2.24) is 15.0 Å². The van der Waals surface area contributed by atoms with Gasteiger partial charge >= 0.3 is 0 Å². The number of aromatic nitrogens is 3. The Morgan fingerprint density at radius 1 is 1.10 bits per heavy atom. The normalized spacial score (nSPS) is 22.1. The lowest BCUT2D eigenvalue weighted by molar-refractivity contribution is 0.102. The van der Waals surface area contributed by atoms with Gasteiger partial charge in [-0.3, -0.25) is 4.98 Å². The number of methoxy groups -OCH3 is 1. The van der Waals surface area contributed by atoms with Gasteiger partial charge in [-0.15, -0.1) is 0 Å². The molecule has 2 aromatic rings. The standard InChI is InChI=1S/C21H28N4O4S/c1-28-18-10-23-21(24-11-18)25-7-5-15(6-8-25)20-9-16(20)13-29-14-17-3-4-19(12-22-17)30(2,26)27/h3-4,10-12,15-16,20H,5-9,13-14H2,1-2H3/t16-,20+/m0/s1. The molecule has 3 heterocycles. The van der Waals surface area contributed by atoms with E-state index in [-0.39, 0.29) is 4.90 Å². The van der Waals surface area contributed by atoms with Gasteiger partial charge in [0.2, 0.25) is 5.95 Å². The third-order valence-corrected chi connectivity index (χ3v) is 7.16. The van der Waals surface area contributed by atoms with E-state index in [4.69, 9.17) is 9.47 Å². The zero-order valence-electron chi connectivity index (χ0n) is 17.4. The Labute approximate surface area is 177 Å². The minimum atomic E-state index is -3.21. The summed E-state index contributed by atoms with van der Waals surface area (Å²) in [6.07, 6.45) is 9.55. The molecule has 1 saturated heterocycles. The van der Waals surface area contributed by atoms with Gasteiger partial charge in [-0.1, -0.05) is 0 Å². The third kappa shape index (κ3) is 5.07. The van der Waals surface area contributed by atoms with Gasteiger partial charge in [0.15, 0.2) is 15.6 Å². The van der Waals surface area contributed by atoms with Crippen LogP contribution in [0.5, 0.6) is 5.75 Å². The highest BCUT2D eigenvalue weighted by atomic mass is 32.2. The van der Waals surface area contributed by atoms with Gasteiger partial charge in [0.1, 0.15) is 0 Å². The zero-order valence-corrected chi connectivity index (χ0v) is 18.2. The molecule has 0 spiro atoms. The molecule has 0 unspecified atom stereocenters. The Hall–Kier alpha value is -2.26. The van der Waals surface area contributed by atoms with Gasteiger partial charge in [0.25, 0.3) is 0 Å². The molecule has 8 nitrogen and oxygen atoms in total. The minimum absolute atomic E-state index is 0.236. The third-order valence-electron chi connectivity index (χ3n) is 6.06. The highest BCUT2D eigenvalue weighted by Gasteiger charge is 2.43. The molecule has 4 rings (SSSR count). The number of rotatable bonds is 8. The Balaban J connectivity index is 1.17. The summed E-state index contributed by atoms with van der Waals surface area (Å²) < 4.78 is 33.9. The number of hydrogen-bond acceptors (Lipinski definition) is 8. The molecular formula is C21H28N4O4S. The van der Waals surface area contributed by atoms with E-state index in [2.05, 4.69) is 19.9 Å². The van der Waals surface area contributed by atoms with Crippen LogP contribution in [0.4, 0.5) is 5.95 Å². The van der Waals surface area contributed by atoms with E-state index in [9.17, 15) is 8.42 Å². The molecule has 0 amide bonds. The summed E-state index contributed by atoms with van der Waals surface area (Å²) in [6, 6.07) is 3.30. The second kappa shape index (κ2) is 8.85. The van der Waals surface area contributed by atoms with Crippen LogP contribution in [-0.4, -0.2) is 56.4 Å². The van der Waals surface area contributed by atoms with E-state index in [0.29, 0.717) is 18.3 Å². The fourth-order valence-electron chi connectivity index (χ4n) is 4.18. The van der Waals surface area contributed by atoms with E-state index >= 15 is 0 Å². The van der Waals surface area contributed by atoms with E-state index in [1.807, 2.05) is 0 Å². The zero-order chi connectivity index (χ0) is 21.1. The first-order valence-electron chi connectivity index (χ1n) is 10.3. The maximum Gasteiger partial charge on any atom is 0.225 e. The van der Waals surface area contributed by atoms with Crippen LogP contribution in [0, 0.1) is 17.8 Å². The van der Waals surface area contributed by atoms with Crippen LogP contribution in [0.1, 0.15) is 25.0 Å². The predicted molar refractivity (Wildman–Crippen MR) is 112 cm³/mol. The van der Waals surface area contributed by atoms with Crippen molar-refractivity contribution in [3.63, 3.8) is 0 Å². The van der Waals surface area contributed by atoms with Crippen LogP contribution in [-0.2, 0) is 21.2 Å². The molecule has 2 aliphatic rings. The van der Waals surface area contributed by atoms with E-state index in [0.717, 1.165) is 56.0 Å².